The molecule has 0 spiro atoms. The molecule has 1 fully saturated rings. The highest BCUT2D eigenvalue weighted by atomic mass is 19.1. The number of rotatable bonds is 4. The monoisotopic (exact) mass is 443 g/mol. The minimum atomic E-state index is -0.983. The predicted molar refractivity (Wildman–Crippen MR) is 125 cm³/mol. The van der Waals surface area contributed by atoms with Crippen molar-refractivity contribution < 1.29 is 13.2 Å². The minimum absolute atomic E-state index is 0.0440. The summed E-state index contributed by atoms with van der Waals surface area (Å²) in [6.07, 6.45) is 9.01. The molecule has 166 valence electrons. The number of benzene rings is 3. The van der Waals surface area contributed by atoms with E-state index in [0.29, 0.717) is 11.3 Å². The van der Waals surface area contributed by atoms with Gasteiger partial charge < -0.3 is 0 Å². The molecule has 0 aliphatic heterocycles. The topological polar surface area (TPSA) is 23.8 Å². The maximum absolute atomic E-state index is 15.1. The van der Waals surface area contributed by atoms with Crippen molar-refractivity contribution in [3.63, 3.8) is 0 Å². The fourth-order valence-corrected chi connectivity index (χ4v) is 4.69. The number of nitriles is 1. The Morgan fingerprint density at radius 2 is 1.67 bits per heavy atom. The van der Waals surface area contributed by atoms with Crippen LogP contribution in [0.2, 0.25) is 0 Å². The zero-order valence-electron chi connectivity index (χ0n) is 18.3. The lowest BCUT2D eigenvalue weighted by Crippen LogP contribution is -2.13. The third-order valence-corrected chi connectivity index (χ3v) is 6.57. The Balaban J connectivity index is 1.55. The third-order valence-electron chi connectivity index (χ3n) is 6.57. The second kappa shape index (κ2) is 9.97. The van der Waals surface area contributed by atoms with E-state index < -0.39 is 23.0 Å². The summed E-state index contributed by atoms with van der Waals surface area (Å²) in [4.78, 5) is 0. The highest BCUT2D eigenvalue weighted by Gasteiger charge is 2.22. The first-order valence-electron chi connectivity index (χ1n) is 11.2. The summed E-state index contributed by atoms with van der Waals surface area (Å²) in [7, 11) is 0. The van der Waals surface area contributed by atoms with Gasteiger partial charge in [0.15, 0.2) is 0 Å². The van der Waals surface area contributed by atoms with Crippen LogP contribution in [0, 0.1) is 46.5 Å². The van der Waals surface area contributed by atoms with E-state index in [-0.39, 0.29) is 11.1 Å². The van der Waals surface area contributed by atoms with Crippen LogP contribution < -0.4 is 0 Å². The normalized spacial score (nSPS) is 17.8. The summed E-state index contributed by atoms with van der Waals surface area (Å²) in [5.74, 6) is 4.12. The number of halogens is 3. The largest absolute Gasteiger partial charge is 0.205 e. The molecule has 0 amide bonds. The lowest BCUT2D eigenvalue weighted by atomic mass is 9.77. The second-order valence-corrected chi connectivity index (χ2v) is 8.67. The van der Waals surface area contributed by atoms with Crippen molar-refractivity contribution in [1.29, 1.82) is 5.26 Å². The Hall–Kier alpha value is -3.50. The molecule has 0 heterocycles. The molecule has 0 bridgehead atoms. The van der Waals surface area contributed by atoms with Gasteiger partial charge in [0.05, 0.1) is 5.56 Å². The molecule has 3 aromatic carbocycles. The summed E-state index contributed by atoms with van der Waals surface area (Å²) >= 11 is 0. The van der Waals surface area contributed by atoms with E-state index in [9.17, 15) is 8.78 Å². The number of hydrogen-bond acceptors (Lipinski definition) is 1. The summed E-state index contributed by atoms with van der Waals surface area (Å²) in [6.45, 7) is 3.81. The number of nitrogens with zero attached hydrogens (tertiary/aromatic N) is 1. The molecule has 3 aromatic rings. The van der Waals surface area contributed by atoms with Crippen LogP contribution in [0.3, 0.4) is 0 Å². The molecule has 0 saturated heterocycles. The van der Waals surface area contributed by atoms with Crippen LogP contribution in [0.5, 0.6) is 0 Å². The number of allylic oxidation sites excluding steroid dienone is 1. The van der Waals surface area contributed by atoms with Gasteiger partial charge in [-0.3, -0.25) is 0 Å². The fraction of sp³-hybridized carbons (Fsp3) is 0.276. The number of fused-ring (bicyclic) bond motifs is 1. The van der Waals surface area contributed by atoms with Gasteiger partial charge in [0.1, 0.15) is 29.1 Å². The minimum Gasteiger partial charge on any atom is -0.205 e. The molecule has 0 aromatic heterocycles. The number of hydrogen-bond donors (Lipinski definition) is 0. The average molecular weight is 444 g/mol. The molecule has 1 saturated carbocycles. The predicted octanol–water partition coefficient (Wildman–Crippen LogP) is 7.77. The molecule has 1 nitrogen and oxygen atoms in total. The maximum atomic E-state index is 15.1. The highest BCUT2D eigenvalue weighted by molar-refractivity contribution is 5.85. The zero-order chi connectivity index (χ0) is 23.4. The summed E-state index contributed by atoms with van der Waals surface area (Å²) in [6, 6.07) is 12.7. The Kier molecular flexibility index (Phi) is 6.85. The van der Waals surface area contributed by atoms with Crippen molar-refractivity contribution in [3.8, 4) is 17.9 Å². The summed E-state index contributed by atoms with van der Waals surface area (Å²) in [5.41, 5.74) is 0.788. The van der Waals surface area contributed by atoms with Gasteiger partial charge in [0, 0.05) is 10.9 Å². The van der Waals surface area contributed by atoms with E-state index >= 15 is 4.39 Å². The van der Waals surface area contributed by atoms with E-state index in [1.165, 1.54) is 30.9 Å². The van der Waals surface area contributed by atoms with Crippen LogP contribution in [-0.2, 0) is 0 Å². The zero-order valence-corrected chi connectivity index (χ0v) is 18.3. The van der Waals surface area contributed by atoms with Gasteiger partial charge in [-0.25, -0.2) is 13.2 Å². The summed E-state index contributed by atoms with van der Waals surface area (Å²) < 4.78 is 42.7. The van der Waals surface area contributed by atoms with Crippen LogP contribution in [0.25, 0.3) is 10.8 Å². The van der Waals surface area contributed by atoms with Crippen molar-refractivity contribution >= 4 is 10.8 Å². The Bertz CT molecular complexity index is 1280. The highest BCUT2D eigenvalue weighted by Crippen LogP contribution is 2.38. The van der Waals surface area contributed by atoms with E-state index in [1.54, 1.807) is 12.1 Å². The molecule has 4 heteroatoms. The Morgan fingerprint density at radius 1 is 0.939 bits per heavy atom. The molecule has 0 radical (unpaired) electrons. The molecule has 0 N–H and O–H groups in total. The van der Waals surface area contributed by atoms with Gasteiger partial charge in [0.25, 0.3) is 0 Å². The second-order valence-electron chi connectivity index (χ2n) is 8.67. The molecular formula is C29H24F3N. The van der Waals surface area contributed by atoms with Gasteiger partial charge >= 0.3 is 0 Å². The third kappa shape index (κ3) is 4.96. The molecular weight excluding hydrogens is 419 g/mol. The molecule has 1 aliphatic rings. The van der Waals surface area contributed by atoms with E-state index in [0.717, 1.165) is 42.7 Å². The van der Waals surface area contributed by atoms with Crippen LogP contribution in [-0.4, -0.2) is 0 Å². The maximum Gasteiger partial charge on any atom is 0.146 e. The SMILES string of the molecule is C=CCCC1CCC(c2ccc3c(F)c(C#Cc4cc(F)c(C#N)c(F)c4)ccc3c2)CC1. The van der Waals surface area contributed by atoms with Crippen molar-refractivity contribution in [2.75, 3.05) is 0 Å². The van der Waals surface area contributed by atoms with Gasteiger partial charge in [-0.05, 0) is 79.5 Å². The first-order valence-corrected chi connectivity index (χ1v) is 11.2. The fourth-order valence-electron chi connectivity index (χ4n) is 4.69. The lowest BCUT2D eigenvalue weighted by molar-refractivity contribution is 0.312. The quantitative estimate of drug-likeness (QED) is 0.298. The van der Waals surface area contributed by atoms with Crippen LogP contribution in [0.1, 0.15) is 66.7 Å². The molecule has 33 heavy (non-hydrogen) atoms. The summed E-state index contributed by atoms with van der Waals surface area (Å²) in [5, 5.41) is 10.1. The average Bonchev–Trinajstić information content (AvgIpc) is 2.82. The lowest BCUT2D eigenvalue weighted by Gasteiger charge is -2.28. The van der Waals surface area contributed by atoms with Crippen molar-refractivity contribution in [2.45, 2.75) is 44.4 Å². The van der Waals surface area contributed by atoms with Gasteiger partial charge in [0.2, 0.25) is 0 Å². The first kappa shape index (κ1) is 22.7. The van der Waals surface area contributed by atoms with Crippen LogP contribution in [0.15, 0.2) is 55.1 Å². The van der Waals surface area contributed by atoms with Crippen LogP contribution in [0.4, 0.5) is 13.2 Å². The Labute approximate surface area is 192 Å². The first-order chi connectivity index (χ1) is 16.0. The smallest absolute Gasteiger partial charge is 0.146 e. The standard InChI is InChI=1S/C29H24F3N/c1-2-3-4-19-5-8-21(9-6-19)23-13-14-25-24(17-23)12-11-22(29(25)32)10-7-20-15-27(30)26(18-33)28(31)16-20/h2,11-17,19,21H,1,3-6,8-9H2. The van der Waals surface area contributed by atoms with Crippen LogP contribution >= 0.6 is 0 Å². The van der Waals surface area contributed by atoms with E-state index in [4.69, 9.17) is 5.26 Å². The van der Waals surface area contributed by atoms with Crippen molar-refractivity contribution in [3.05, 3.63) is 94.8 Å². The van der Waals surface area contributed by atoms with E-state index in [1.807, 2.05) is 18.2 Å². The van der Waals surface area contributed by atoms with Crippen molar-refractivity contribution in [2.24, 2.45) is 5.92 Å². The molecule has 0 unspecified atom stereocenters. The van der Waals surface area contributed by atoms with Crippen molar-refractivity contribution in [1.82, 2.24) is 0 Å². The van der Waals surface area contributed by atoms with Gasteiger partial charge in [-0.1, -0.05) is 42.2 Å². The molecule has 4 rings (SSSR count). The van der Waals surface area contributed by atoms with E-state index in [2.05, 4.69) is 24.5 Å². The molecule has 1 aliphatic carbocycles. The van der Waals surface area contributed by atoms with Gasteiger partial charge in [-0.2, -0.15) is 5.26 Å². The van der Waals surface area contributed by atoms with Gasteiger partial charge in [-0.15, -0.1) is 6.58 Å². The molecule has 0 atom stereocenters. The Morgan fingerprint density at radius 3 is 2.33 bits per heavy atom.